The van der Waals surface area contributed by atoms with Crippen LogP contribution in [-0.2, 0) is 31.6 Å². The van der Waals surface area contributed by atoms with E-state index in [0.717, 1.165) is 11.8 Å². The van der Waals surface area contributed by atoms with Gasteiger partial charge in [-0.3, -0.25) is 18.8 Å². The van der Waals surface area contributed by atoms with Crippen LogP contribution in [0.15, 0.2) is 71.8 Å². The zero-order chi connectivity index (χ0) is 36.6. The maximum Gasteiger partial charge on any atom is 0.414 e. The second-order valence-electron chi connectivity index (χ2n) is 11.1. The molecule has 0 saturated carbocycles. The zero-order valence-electron chi connectivity index (χ0n) is 26.4. The summed E-state index contributed by atoms with van der Waals surface area (Å²) in [6, 6.07) is 17.0. The average Bonchev–Trinajstić information content (AvgIpc) is 3.46. The second kappa shape index (κ2) is 16.4. The highest BCUT2D eigenvalue weighted by atomic mass is 32.1. The van der Waals surface area contributed by atoms with E-state index in [0.29, 0.717) is 11.3 Å². The van der Waals surface area contributed by atoms with Crippen molar-refractivity contribution >= 4 is 63.1 Å². The fraction of sp³-hybridized carbons (Fsp3) is 0.258. The molecule has 1 aliphatic rings. The first-order valence-electron chi connectivity index (χ1n) is 14.7. The Kier molecular flexibility index (Phi) is 12.5. The Morgan fingerprint density at radius 3 is 2.46 bits per heavy atom. The summed E-state index contributed by atoms with van der Waals surface area (Å²) < 4.78 is 49.3. The molecule has 19 heteroatoms. The lowest BCUT2D eigenvalue weighted by Crippen LogP contribution is -2.37. The van der Waals surface area contributed by atoms with Crippen molar-refractivity contribution in [3.05, 3.63) is 83.7 Å². The van der Waals surface area contributed by atoms with Gasteiger partial charge in [-0.25, -0.2) is 9.18 Å². The average molecular weight is 747 g/mol. The molecule has 264 valence electrons. The summed E-state index contributed by atoms with van der Waals surface area (Å²) in [5.41, 5.74) is 2.34. The molecule has 2 amide bonds. The number of halogens is 1. The minimum absolute atomic E-state index is 0.00272. The highest BCUT2D eigenvalue weighted by molar-refractivity contribution is 7.80. The van der Waals surface area contributed by atoms with Gasteiger partial charge < -0.3 is 45.8 Å². The molecule has 7 N–H and O–H groups in total. The number of thiocarbonyl (C=S) groups is 1. The van der Waals surface area contributed by atoms with Crippen molar-refractivity contribution in [2.24, 2.45) is 10.9 Å². The molecule has 0 aliphatic carbocycles. The molecule has 50 heavy (non-hydrogen) atoms. The van der Waals surface area contributed by atoms with E-state index >= 15 is 4.39 Å². The van der Waals surface area contributed by atoms with Crippen molar-refractivity contribution in [3.8, 4) is 16.9 Å². The van der Waals surface area contributed by atoms with Crippen LogP contribution in [-0.4, -0.2) is 79.7 Å². The first-order valence-corrected chi connectivity index (χ1v) is 17.6. The standard InChI is InChI=1S/C31H33FN6O9P2S/c1-19(39)35-15-26-18-38(29(40)46-26)24-8-11-27(28(32)12-24)22-6-2-21(3-7-22)16-37(17-23(14-33)36-34)30(50)47-25-9-4-20(5-10-25)13-31(41,48-42)49(43,44)45/h2-12,14,26,33,41H,13,15-18,34H2,1H3,(H,35,39)(H2,43,44,45)/t26-,31?/m0/s1. The molecule has 15 nitrogen and oxygen atoms in total. The number of benzene rings is 3. The predicted octanol–water partition coefficient (Wildman–Crippen LogP) is 3.74. The molecule has 3 aromatic carbocycles. The molecule has 0 aromatic heterocycles. The van der Waals surface area contributed by atoms with Gasteiger partial charge in [0, 0.05) is 31.7 Å². The summed E-state index contributed by atoms with van der Waals surface area (Å²) in [5, 5.41) is 21.1. The van der Waals surface area contributed by atoms with Crippen molar-refractivity contribution in [1.82, 2.24) is 10.2 Å². The quantitative estimate of drug-likeness (QED) is 0.0456. The minimum atomic E-state index is -5.11. The first-order chi connectivity index (χ1) is 23.7. The third kappa shape index (κ3) is 9.53. The van der Waals surface area contributed by atoms with E-state index in [-0.39, 0.29) is 59.8 Å². The van der Waals surface area contributed by atoms with Crippen LogP contribution in [0, 0.1) is 11.2 Å². The van der Waals surface area contributed by atoms with E-state index in [1.807, 2.05) is 0 Å². The Morgan fingerprint density at radius 2 is 1.90 bits per heavy atom. The van der Waals surface area contributed by atoms with Crippen molar-refractivity contribution in [1.29, 1.82) is 5.41 Å². The highest BCUT2D eigenvalue weighted by Crippen LogP contribution is 2.56. The molecule has 0 bridgehead atoms. The van der Waals surface area contributed by atoms with Crippen LogP contribution in [0.1, 0.15) is 18.1 Å². The molecule has 1 heterocycles. The lowest BCUT2D eigenvalue weighted by molar-refractivity contribution is -0.119. The van der Waals surface area contributed by atoms with Crippen LogP contribution in [0.3, 0.4) is 0 Å². The number of amides is 2. The molecular formula is C31H33FN6O9P2S. The van der Waals surface area contributed by atoms with Gasteiger partial charge in [0.1, 0.15) is 17.7 Å². The van der Waals surface area contributed by atoms with E-state index in [1.165, 1.54) is 42.2 Å². The number of ether oxygens (including phenoxy) is 2. The largest absolute Gasteiger partial charge is 0.442 e. The van der Waals surface area contributed by atoms with Gasteiger partial charge in [-0.05, 0) is 59.2 Å². The Morgan fingerprint density at radius 1 is 1.24 bits per heavy atom. The van der Waals surface area contributed by atoms with Gasteiger partial charge in [0.15, 0.2) is 0 Å². The predicted molar refractivity (Wildman–Crippen MR) is 187 cm³/mol. The molecule has 4 rings (SSSR count). The summed E-state index contributed by atoms with van der Waals surface area (Å²) in [6.45, 7) is 1.82. The minimum Gasteiger partial charge on any atom is -0.442 e. The van der Waals surface area contributed by atoms with E-state index in [2.05, 4.69) is 10.4 Å². The third-order valence-corrected chi connectivity index (χ3v) is 10.4. The summed E-state index contributed by atoms with van der Waals surface area (Å²) in [7, 11) is -6.23. The van der Waals surface area contributed by atoms with Crippen LogP contribution in [0.25, 0.3) is 11.1 Å². The number of nitrogens with zero attached hydrogens (tertiary/aromatic N) is 3. The van der Waals surface area contributed by atoms with E-state index < -0.39 is 45.6 Å². The summed E-state index contributed by atoms with van der Waals surface area (Å²) >= 11 is 5.52. The summed E-state index contributed by atoms with van der Waals surface area (Å²) in [6.07, 6.45) is -0.833. The number of carbonyl (C=O) groups is 2. The maximum atomic E-state index is 15.3. The fourth-order valence-electron chi connectivity index (χ4n) is 4.82. The number of cyclic esters (lactones) is 1. The second-order valence-corrected chi connectivity index (χ2v) is 14.6. The van der Waals surface area contributed by atoms with Gasteiger partial charge in [0.05, 0.1) is 31.0 Å². The van der Waals surface area contributed by atoms with E-state index in [4.69, 9.17) is 32.9 Å². The lowest BCUT2D eigenvalue weighted by atomic mass is 10.0. The van der Waals surface area contributed by atoms with Gasteiger partial charge in [-0.1, -0.05) is 36.4 Å². The van der Waals surface area contributed by atoms with Gasteiger partial charge in [0.2, 0.25) is 19.5 Å². The molecule has 0 radical (unpaired) electrons. The van der Waals surface area contributed by atoms with Gasteiger partial charge in [-0.15, -0.1) is 0 Å². The van der Waals surface area contributed by atoms with Crippen LogP contribution in [0.2, 0.25) is 0 Å². The van der Waals surface area contributed by atoms with Gasteiger partial charge in [-0.2, -0.15) is 5.10 Å². The van der Waals surface area contributed by atoms with Crippen molar-refractivity contribution in [2.75, 3.05) is 24.5 Å². The highest BCUT2D eigenvalue weighted by Gasteiger charge is 2.46. The smallest absolute Gasteiger partial charge is 0.414 e. The van der Waals surface area contributed by atoms with E-state index in [9.17, 15) is 33.6 Å². The molecule has 2 atom stereocenters. The number of nitrogens with two attached hydrogens (primary N) is 1. The molecule has 1 unspecified atom stereocenters. The Balaban J connectivity index is 1.45. The Labute approximate surface area is 292 Å². The molecular weight excluding hydrogens is 713 g/mol. The lowest BCUT2D eigenvalue weighted by Gasteiger charge is -2.25. The molecule has 1 aliphatic heterocycles. The van der Waals surface area contributed by atoms with Gasteiger partial charge >= 0.3 is 13.7 Å². The summed E-state index contributed by atoms with van der Waals surface area (Å²) in [5.74, 6) is 4.84. The number of anilines is 1. The third-order valence-electron chi connectivity index (χ3n) is 7.48. The number of hydrogen-bond donors (Lipinski definition) is 6. The number of nitrogens with one attached hydrogen (secondary N) is 2. The van der Waals surface area contributed by atoms with Gasteiger partial charge in [0.25, 0.3) is 5.17 Å². The van der Waals surface area contributed by atoms with Crippen molar-refractivity contribution in [3.63, 3.8) is 0 Å². The van der Waals surface area contributed by atoms with E-state index in [1.54, 1.807) is 41.3 Å². The van der Waals surface area contributed by atoms with Crippen LogP contribution >= 0.6 is 28.3 Å². The van der Waals surface area contributed by atoms with Crippen LogP contribution < -0.4 is 20.8 Å². The first kappa shape index (κ1) is 38.2. The van der Waals surface area contributed by atoms with Crippen molar-refractivity contribution in [2.45, 2.75) is 31.1 Å². The number of rotatable bonds is 14. The SMILES string of the molecule is CC(=O)NC[C@H]1CN(c2ccc(-c3ccc(CN(CC(C=N)=NN)C(=S)Oc4ccc(CC(O)(P=O)P(=O)(O)O)cc4)cc3)c(F)c2)C(=O)O1. The topological polar surface area (TPSA) is 228 Å². The fourth-order valence-corrected chi connectivity index (χ4v) is 6.11. The molecule has 0 spiro atoms. The Hall–Kier alpha value is -4.63. The van der Waals surface area contributed by atoms with Crippen molar-refractivity contribution < 1.29 is 47.5 Å². The number of aliphatic hydroxyl groups is 1. The number of hydrogen-bond acceptors (Lipinski definition) is 11. The summed E-state index contributed by atoms with van der Waals surface area (Å²) in [4.78, 5) is 45.1. The number of carbonyl (C=O) groups excluding carboxylic acids is 2. The molecule has 1 fully saturated rings. The van der Waals surface area contributed by atoms with Crippen LogP contribution in [0.4, 0.5) is 14.9 Å². The molecule has 1 saturated heterocycles. The monoisotopic (exact) mass is 746 g/mol. The zero-order valence-corrected chi connectivity index (χ0v) is 29.0. The maximum absolute atomic E-state index is 15.3. The Bertz CT molecular complexity index is 1840. The number of hydrazone groups is 1. The molecule has 3 aromatic rings. The van der Waals surface area contributed by atoms with Crippen LogP contribution in [0.5, 0.6) is 5.75 Å². The normalized spacial score (nSPS) is 16.0.